The molecular formula is C13H29IN4. The summed E-state index contributed by atoms with van der Waals surface area (Å²) < 4.78 is 0. The van der Waals surface area contributed by atoms with Gasteiger partial charge in [-0.3, -0.25) is 4.99 Å². The Labute approximate surface area is 129 Å². The fourth-order valence-electron chi connectivity index (χ4n) is 2.09. The van der Waals surface area contributed by atoms with Gasteiger partial charge in [0.05, 0.1) is 6.54 Å². The molecule has 0 spiro atoms. The molecule has 0 aromatic rings. The molecule has 0 saturated heterocycles. The van der Waals surface area contributed by atoms with Crippen molar-refractivity contribution in [1.82, 2.24) is 10.2 Å². The molecule has 108 valence electrons. The second kappa shape index (κ2) is 9.83. The predicted octanol–water partition coefficient (Wildman–Crippen LogP) is 2.18. The van der Waals surface area contributed by atoms with Crippen molar-refractivity contribution in [1.29, 1.82) is 0 Å². The highest BCUT2D eigenvalue weighted by Gasteiger charge is 2.13. The first kappa shape index (κ1) is 18.0. The van der Waals surface area contributed by atoms with E-state index in [0.29, 0.717) is 18.0 Å². The van der Waals surface area contributed by atoms with Crippen LogP contribution in [-0.4, -0.2) is 43.1 Å². The summed E-state index contributed by atoms with van der Waals surface area (Å²) in [6.07, 6.45) is 6.49. The van der Waals surface area contributed by atoms with Gasteiger partial charge in [-0.05, 0) is 33.7 Å². The van der Waals surface area contributed by atoms with Crippen LogP contribution in [0.3, 0.4) is 0 Å². The Morgan fingerprint density at radius 3 is 2.50 bits per heavy atom. The molecule has 1 fully saturated rings. The van der Waals surface area contributed by atoms with Crippen LogP contribution in [0.25, 0.3) is 0 Å². The van der Waals surface area contributed by atoms with Crippen LogP contribution in [-0.2, 0) is 0 Å². The molecule has 18 heavy (non-hydrogen) atoms. The summed E-state index contributed by atoms with van der Waals surface area (Å²) in [7, 11) is 2.12. The zero-order chi connectivity index (χ0) is 12.7. The van der Waals surface area contributed by atoms with Crippen LogP contribution < -0.4 is 11.1 Å². The third kappa shape index (κ3) is 7.41. The Hall–Kier alpha value is -0.0400. The number of hydrogen-bond donors (Lipinski definition) is 2. The Bertz CT molecular complexity index is 237. The second-order valence-electron chi connectivity index (χ2n) is 5.32. The standard InChI is InChI=1S/C13H28N4.HI/c1-11(2)17(3)10-9-15-13(14)16-12-7-5-4-6-8-12;/h11-12H,4-10H2,1-3H3,(H3,14,15,16);1H. The highest BCUT2D eigenvalue weighted by Crippen LogP contribution is 2.16. The third-order valence-electron chi connectivity index (χ3n) is 3.57. The van der Waals surface area contributed by atoms with Gasteiger partial charge in [-0.1, -0.05) is 19.3 Å². The topological polar surface area (TPSA) is 53.6 Å². The molecule has 0 bridgehead atoms. The fourth-order valence-corrected chi connectivity index (χ4v) is 2.09. The minimum Gasteiger partial charge on any atom is -0.370 e. The maximum Gasteiger partial charge on any atom is 0.188 e. The van der Waals surface area contributed by atoms with Crippen molar-refractivity contribution in [3.63, 3.8) is 0 Å². The Morgan fingerprint density at radius 2 is 1.94 bits per heavy atom. The van der Waals surface area contributed by atoms with Crippen molar-refractivity contribution in [2.24, 2.45) is 10.7 Å². The van der Waals surface area contributed by atoms with Gasteiger partial charge >= 0.3 is 0 Å². The summed E-state index contributed by atoms with van der Waals surface area (Å²) in [5.41, 5.74) is 5.89. The highest BCUT2D eigenvalue weighted by molar-refractivity contribution is 14.0. The number of rotatable bonds is 5. The van der Waals surface area contributed by atoms with Gasteiger partial charge in [0.25, 0.3) is 0 Å². The molecule has 0 aromatic carbocycles. The first-order valence-electron chi connectivity index (χ1n) is 6.86. The molecule has 1 aliphatic rings. The van der Waals surface area contributed by atoms with Crippen LogP contribution in [0, 0.1) is 0 Å². The molecule has 0 atom stereocenters. The normalized spacial score (nSPS) is 17.9. The van der Waals surface area contributed by atoms with E-state index in [0.717, 1.165) is 13.1 Å². The Morgan fingerprint density at radius 1 is 1.33 bits per heavy atom. The number of likely N-dealkylation sites (N-methyl/N-ethyl adjacent to an activating group) is 1. The Kier molecular flexibility index (Phi) is 9.81. The zero-order valence-corrected chi connectivity index (χ0v) is 14.3. The smallest absolute Gasteiger partial charge is 0.188 e. The van der Waals surface area contributed by atoms with Gasteiger partial charge in [0.2, 0.25) is 0 Å². The third-order valence-corrected chi connectivity index (χ3v) is 3.57. The van der Waals surface area contributed by atoms with Gasteiger partial charge in [0.1, 0.15) is 0 Å². The van der Waals surface area contributed by atoms with Crippen molar-refractivity contribution in [2.45, 2.75) is 58.0 Å². The largest absolute Gasteiger partial charge is 0.370 e. The lowest BCUT2D eigenvalue weighted by atomic mass is 9.96. The summed E-state index contributed by atoms with van der Waals surface area (Å²) in [5.74, 6) is 0.619. The summed E-state index contributed by atoms with van der Waals surface area (Å²) in [4.78, 5) is 6.66. The molecule has 3 N–H and O–H groups in total. The zero-order valence-electron chi connectivity index (χ0n) is 12.0. The maximum absolute atomic E-state index is 5.89. The summed E-state index contributed by atoms with van der Waals surface area (Å²) in [5, 5.41) is 3.33. The van der Waals surface area contributed by atoms with E-state index in [1.165, 1.54) is 32.1 Å². The lowest BCUT2D eigenvalue weighted by Crippen LogP contribution is -2.41. The Balaban J connectivity index is 0.00000289. The van der Waals surface area contributed by atoms with E-state index in [1.807, 2.05) is 0 Å². The van der Waals surface area contributed by atoms with Crippen LogP contribution in [0.5, 0.6) is 0 Å². The van der Waals surface area contributed by atoms with E-state index in [-0.39, 0.29) is 24.0 Å². The lowest BCUT2D eigenvalue weighted by Gasteiger charge is -2.23. The summed E-state index contributed by atoms with van der Waals surface area (Å²) in [6.45, 7) is 6.12. The number of nitrogens with zero attached hydrogens (tertiary/aromatic N) is 2. The van der Waals surface area contributed by atoms with Crippen LogP contribution in [0.4, 0.5) is 0 Å². The van der Waals surface area contributed by atoms with Crippen molar-refractivity contribution >= 4 is 29.9 Å². The second-order valence-corrected chi connectivity index (χ2v) is 5.32. The molecule has 1 saturated carbocycles. The van der Waals surface area contributed by atoms with E-state index < -0.39 is 0 Å². The molecule has 1 aliphatic carbocycles. The van der Waals surface area contributed by atoms with Gasteiger partial charge in [-0.15, -0.1) is 24.0 Å². The number of hydrogen-bond acceptors (Lipinski definition) is 2. The van der Waals surface area contributed by atoms with Gasteiger partial charge in [-0.2, -0.15) is 0 Å². The quantitative estimate of drug-likeness (QED) is 0.444. The number of nitrogens with one attached hydrogen (secondary N) is 1. The first-order valence-corrected chi connectivity index (χ1v) is 6.86. The molecule has 0 aromatic heterocycles. The van der Waals surface area contributed by atoms with E-state index in [1.54, 1.807) is 0 Å². The summed E-state index contributed by atoms with van der Waals surface area (Å²) >= 11 is 0. The average molecular weight is 368 g/mol. The minimum absolute atomic E-state index is 0. The molecule has 5 heteroatoms. The summed E-state index contributed by atoms with van der Waals surface area (Å²) in [6, 6.07) is 1.12. The molecule has 1 rings (SSSR count). The van der Waals surface area contributed by atoms with E-state index >= 15 is 0 Å². The SMILES string of the molecule is CC(C)N(C)CCN=C(N)NC1CCCCC1.I. The minimum atomic E-state index is 0. The fraction of sp³-hybridized carbons (Fsp3) is 0.923. The maximum atomic E-state index is 5.89. The molecule has 0 unspecified atom stereocenters. The highest BCUT2D eigenvalue weighted by atomic mass is 127. The van der Waals surface area contributed by atoms with Crippen LogP contribution in [0.2, 0.25) is 0 Å². The van der Waals surface area contributed by atoms with Crippen LogP contribution >= 0.6 is 24.0 Å². The van der Waals surface area contributed by atoms with Gasteiger partial charge < -0.3 is 16.0 Å². The molecule has 0 aliphatic heterocycles. The predicted molar refractivity (Wildman–Crippen MR) is 89.7 cm³/mol. The van der Waals surface area contributed by atoms with Crippen LogP contribution in [0.15, 0.2) is 4.99 Å². The van der Waals surface area contributed by atoms with Crippen molar-refractivity contribution in [2.75, 3.05) is 20.1 Å². The lowest BCUT2D eigenvalue weighted by molar-refractivity contribution is 0.282. The number of halogens is 1. The van der Waals surface area contributed by atoms with Crippen LogP contribution in [0.1, 0.15) is 46.0 Å². The molecule has 0 heterocycles. The van der Waals surface area contributed by atoms with Crippen molar-refractivity contribution in [3.8, 4) is 0 Å². The number of aliphatic imine (C=N–C) groups is 1. The van der Waals surface area contributed by atoms with Crippen molar-refractivity contribution < 1.29 is 0 Å². The van der Waals surface area contributed by atoms with Gasteiger partial charge in [0.15, 0.2) is 5.96 Å². The molecular weight excluding hydrogens is 339 g/mol. The molecule has 4 nitrogen and oxygen atoms in total. The number of nitrogens with two attached hydrogens (primary N) is 1. The van der Waals surface area contributed by atoms with E-state index in [2.05, 4.69) is 36.1 Å². The number of guanidine groups is 1. The van der Waals surface area contributed by atoms with Gasteiger partial charge in [0, 0.05) is 18.6 Å². The molecule has 0 amide bonds. The van der Waals surface area contributed by atoms with Gasteiger partial charge in [-0.25, -0.2) is 0 Å². The van der Waals surface area contributed by atoms with E-state index in [9.17, 15) is 0 Å². The first-order chi connectivity index (χ1) is 8.09. The average Bonchev–Trinajstić information content (AvgIpc) is 2.30. The molecule has 0 radical (unpaired) electrons. The van der Waals surface area contributed by atoms with E-state index in [4.69, 9.17) is 5.73 Å². The monoisotopic (exact) mass is 368 g/mol. The van der Waals surface area contributed by atoms with Crippen molar-refractivity contribution in [3.05, 3.63) is 0 Å².